The second kappa shape index (κ2) is 11.1. The largest absolute Gasteiger partial charge is 0.416 e. The number of hydrogen-bond acceptors (Lipinski definition) is 2. The maximum atomic E-state index is 13.1. The van der Waals surface area contributed by atoms with E-state index in [-0.39, 0.29) is 24.2 Å². The smallest absolute Gasteiger partial charge is 0.353 e. The molecular formula is C23H31F3N4O2. The molecule has 0 atom stereocenters. The van der Waals surface area contributed by atoms with Crippen molar-refractivity contribution in [2.45, 2.75) is 52.4 Å². The summed E-state index contributed by atoms with van der Waals surface area (Å²) < 4.78 is 40.8. The summed E-state index contributed by atoms with van der Waals surface area (Å²) in [4.78, 5) is 28.9. The van der Waals surface area contributed by atoms with Crippen molar-refractivity contribution in [2.75, 3.05) is 18.4 Å². The average molecular weight is 453 g/mol. The minimum Gasteiger partial charge on any atom is -0.353 e. The second-order valence-electron chi connectivity index (χ2n) is 8.01. The Morgan fingerprint density at radius 2 is 1.88 bits per heavy atom. The highest BCUT2D eigenvalue weighted by atomic mass is 19.4. The van der Waals surface area contributed by atoms with E-state index in [1.54, 1.807) is 18.7 Å². The molecule has 2 aromatic rings. The summed E-state index contributed by atoms with van der Waals surface area (Å²) in [6, 6.07) is 7.32. The van der Waals surface area contributed by atoms with Crippen molar-refractivity contribution in [3.8, 4) is 0 Å². The Labute approximate surface area is 187 Å². The third-order valence-electron chi connectivity index (χ3n) is 5.17. The van der Waals surface area contributed by atoms with Crippen LogP contribution in [0.4, 0.5) is 23.7 Å². The van der Waals surface area contributed by atoms with Crippen LogP contribution in [0, 0.1) is 0 Å². The lowest BCUT2D eigenvalue weighted by Gasteiger charge is -2.30. The van der Waals surface area contributed by atoms with Gasteiger partial charge in [0.1, 0.15) is 6.54 Å². The number of benzene rings is 1. The van der Waals surface area contributed by atoms with Gasteiger partial charge >= 0.3 is 12.2 Å². The highest BCUT2D eigenvalue weighted by Crippen LogP contribution is 2.30. The quantitative estimate of drug-likeness (QED) is 0.575. The van der Waals surface area contributed by atoms with Gasteiger partial charge in [-0.15, -0.1) is 0 Å². The van der Waals surface area contributed by atoms with Crippen molar-refractivity contribution in [2.24, 2.45) is 7.05 Å². The molecule has 6 nitrogen and oxygen atoms in total. The Morgan fingerprint density at radius 3 is 2.44 bits per heavy atom. The number of nitrogens with one attached hydrogen (secondary N) is 1. The fourth-order valence-electron chi connectivity index (χ4n) is 3.20. The summed E-state index contributed by atoms with van der Waals surface area (Å²) in [5.41, 5.74) is 0.143. The molecule has 1 aromatic carbocycles. The molecule has 32 heavy (non-hydrogen) atoms. The van der Waals surface area contributed by atoms with Gasteiger partial charge in [0.05, 0.1) is 12.1 Å². The predicted octanol–water partition coefficient (Wildman–Crippen LogP) is 5.12. The molecule has 2 rings (SSSR count). The Morgan fingerprint density at radius 1 is 1.16 bits per heavy atom. The fraction of sp³-hybridized carbons (Fsp3) is 0.478. The fourth-order valence-corrected chi connectivity index (χ4v) is 3.20. The summed E-state index contributed by atoms with van der Waals surface area (Å²) in [6.07, 6.45) is -0.860. The van der Waals surface area contributed by atoms with Gasteiger partial charge in [-0.25, -0.2) is 4.79 Å². The van der Waals surface area contributed by atoms with E-state index in [9.17, 15) is 22.8 Å². The number of nitrogens with zero attached hydrogens (tertiary/aromatic N) is 3. The van der Waals surface area contributed by atoms with E-state index in [1.165, 1.54) is 17.0 Å². The van der Waals surface area contributed by atoms with E-state index in [2.05, 4.69) is 5.32 Å². The number of aromatic nitrogens is 1. The molecule has 3 amide bonds. The van der Waals surface area contributed by atoms with Crippen LogP contribution in [0.3, 0.4) is 0 Å². The molecule has 0 aliphatic carbocycles. The topological polar surface area (TPSA) is 57.6 Å². The maximum Gasteiger partial charge on any atom is 0.416 e. The number of alkyl halides is 3. The zero-order valence-electron chi connectivity index (χ0n) is 18.9. The summed E-state index contributed by atoms with van der Waals surface area (Å²) in [5, 5.41) is 2.49. The van der Waals surface area contributed by atoms with E-state index in [4.69, 9.17) is 0 Å². The molecule has 176 valence electrons. The number of anilines is 1. The number of carbonyl (C=O) groups excluding carboxylic acids is 2. The van der Waals surface area contributed by atoms with Crippen molar-refractivity contribution in [1.82, 2.24) is 14.4 Å². The molecule has 0 radical (unpaired) electrons. The normalized spacial score (nSPS) is 11.5. The number of rotatable bonds is 9. The van der Waals surface area contributed by atoms with Gasteiger partial charge in [0.25, 0.3) is 0 Å². The van der Waals surface area contributed by atoms with Gasteiger partial charge in [-0.1, -0.05) is 19.4 Å². The highest BCUT2D eigenvalue weighted by molar-refractivity contribution is 5.92. The standard InChI is InChI=1S/C23H31F3N4O2/c1-5-6-13-29(15-20-11-8-12-28(20)4)21(31)16-30(17(2)3)22(32)27-19-10-7-9-18(14-19)23(24,25)26/h7-12,14,17H,5-6,13,15-16H2,1-4H3,(H,27,32). The Hall–Kier alpha value is -2.97. The molecule has 0 bridgehead atoms. The molecule has 0 aliphatic heterocycles. The van der Waals surface area contributed by atoms with Gasteiger partial charge in [-0.05, 0) is 50.6 Å². The number of amides is 3. The van der Waals surface area contributed by atoms with Crippen molar-refractivity contribution in [3.63, 3.8) is 0 Å². The van der Waals surface area contributed by atoms with Crippen LogP contribution in [0.15, 0.2) is 42.6 Å². The van der Waals surface area contributed by atoms with E-state index < -0.39 is 17.8 Å². The van der Waals surface area contributed by atoms with Gasteiger partial charge in [-0.3, -0.25) is 4.79 Å². The Balaban J connectivity index is 2.13. The van der Waals surface area contributed by atoms with Gasteiger partial charge in [0.15, 0.2) is 0 Å². The first-order valence-corrected chi connectivity index (χ1v) is 10.7. The van der Waals surface area contributed by atoms with E-state index in [0.29, 0.717) is 13.1 Å². The number of aryl methyl sites for hydroxylation is 1. The van der Waals surface area contributed by atoms with Crippen LogP contribution in [-0.4, -0.2) is 45.4 Å². The molecule has 0 fully saturated rings. The molecular weight excluding hydrogens is 421 g/mol. The lowest BCUT2D eigenvalue weighted by molar-refractivity contribution is -0.137. The van der Waals surface area contributed by atoms with Crippen LogP contribution in [0.2, 0.25) is 0 Å². The number of carbonyl (C=O) groups is 2. The third-order valence-corrected chi connectivity index (χ3v) is 5.17. The van der Waals surface area contributed by atoms with Gasteiger partial charge < -0.3 is 19.7 Å². The van der Waals surface area contributed by atoms with Gasteiger partial charge in [-0.2, -0.15) is 13.2 Å². The van der Waals surface area contributed by atoms with Gasteiger partial charge in [0, 0.05) is 37.2 Å². The lowest BCUT2D eigenvalue weighted by atomic mass is 10.2. The minimum absolute atomic E-state index is 0.0228. The maximum absolute atomic E-state index is 13.1. The predicted molar refractivity (Wildman–Crippen MR) is 118 cm³/mol. The lowest BCUT2D eigenvalue weighted by Crippen LogP contribution is -2.47. The van der Waals surface area contributed by atoms with E-state index in [0.717, 1.165) is 30.7 Å². The molecule has 1 heterocycles. The molecule has 0 spiro atoms. The van der Waals surface area contributed by atoms with Crippen LogP contribution in [0.1, 0.15) is 44.9 Å². The van der Waals surface area contributed by atoms with Crippen molar-refractivity contribution in [3.05, 3.63) is 53.9 Å². The van der Waals surface area contributed by atoms with Crippen LogP contribution in [-0.2, 0) is 24.6 Å². The van der Waals surface area contributed by atoms with Crippen LogP contribution >= 0.6 is 0 Å². The van der Waals surface area contributed by atoms with Crippen LogP contribution < -0.4 is 5.32 Å². The SMILES string of the molecule is CCCCN(Cc1cccn1C)C(=O)CN(C(=O)Nc1cccc(C(F)(F)F)c1)C(C)C. The molecule has 0 aliphatic rings. The molecule has 9 heteroatoms. The average Bonchev–Trinajstić information content (AvgIpc) is 3.12. The zero-order valence-corrected chi connectivity index (χ0v) is 18.9. The molecule has 1 N–H and O–H groups in total. The molecule has 1 aromatic heterocycles. The number of hydrogen-bond donors (Lipinski definition) is 1. The number of unbranched alkanes of at least 4 members (excludes halogenated alkanes) is 1. The van der Waals surface area contributed by atoms with E-state index >= 15 is 0 Å². The van der Waals surface area contributed by atoms with Gasteiger partial charge in [0.2, 0.25) is 5.91 Å². The molecule has 0 unspecified atom stereocenters. The summed E-state index contributed by atoms with van der Waals surface area (Å²) in [5.74, 6) is -0.215. The molecule has 0 saturated carbocycles. The van der Waals surface area contributed by atoms with Crippen molar-refractivity contribution < 1.29 is 22.8 Å². The number of urea groups is 1. The van der Waals surface area contributed by atoms with Crippen LogP contribution in [0.5, 0.6) is 0 Å². The van der Waals surface area contributed by atoms with Crippen LogP contribution in [0.25, 0.3) is 0 Å². The Bertz CT molecular complexity index is 909. The van der Waals surface area contributed by atoms with Crippen molar-refractivity contribution in [1.29, 1.82) is 0 Å². The van der Waals surface area contributed by atoms with Crippen molar-refractivity contribution >= 4 is 17.6 Å². The second-order valence-corrected chi connectivity index (χ2v) is 8.01. The highest BCUT2D eigenvalue weighted by Gasteiger charge is 2.31. The summed E-state index contributed by atoms with van der Waals surface area (Å²) >= 11 is 0. The summed E-state index contributed by atoms with van der Waals surface area (Å²) in [7, 11) is 1.90. The monoisotopic (exact) mass is 452 g/mol. The molecule has 0 saturated heterocycles. The van der Waals surface area contributed by atoms with E-state index in [1.807, 2.05) is 36.9 Å². The first-order valence-electron chi connectivity index (χ1n) is 10.7. The number of halogens is 3. The minimum atomic E-state index is -4.51. The zero-order chi connectivity index (χ0) is 23.9. The Kier molecular flexibility index (Phi) is 8.74. The third kappa shape index (κ3) is 7.03. The first kappa shape index (κ1) is 25.3. The summed E-state index contributed by atoms with van der Waals surface area (Å²) in [6.45, 7) is 6.36. The first-order chi connectivity index (χ1) is 15.0.